The summed E-state index contributed by atoms with van der Waals surface area (Å²) in [5, 5.41) is 0. The maximum absolute atomic E-state index is 14.9. The Labute approximate surface area is 196 Å². The molecule has 6 heteroatoms. The van der Waals surface area contributed by atoms with Crippen LogP contribution in [0.3, 0.4) is 0 Å². The van der Waals surface area contributed by atoms with Crippen molar-refractivity contribution in [1.29, 1.82) is 0 Å². The highest BCUT2D eigenvalue weighted by Crippen LogP contribution is 2.35. The van der Waals surface area contributed by atoms with Crippen LogP contribution in [0.25, 0.3) is 22.3 Å². The molecule has 0 heterocycles. The van der Waals surface area contributed by atoms with E-state index in [4.69, 9.17) is 9.47 Å². The summed E-state index contributed by atoms with van der Waals surface area (Å²) in [4.78, 5) is 0. The quantitative estimate of drug-likeness (QED) is 0.328. The number of hydrogen-bond acceptors (Lipinski definition) is 2. The van der Waals surface area contributed by atoms with Gasteiger partial charge < -0.3 is 9.47 Å². The van der Waals surface area contributed by atoms with E-state index in [-0.39, 0.29) is 17.7 Å². The standard InChI is InChI=1S/C28H26F4O2/c1-3-17-4-6-18(7-5-17)22-13-14-23(27(31)26(22)30)19-8-11-21(12-9-19)34-16-20-10-15-24(33-2)28(32)25(20)29/h4-9,11-14,20,24H,3,10,15-16H2,1-2H3. The number of aryl methyl sites for hydroxylation is 1. The van der Waals surface area contributed by atoms with Gasteiger partial charge in [0.2, 0.25) is 0 Å². The fourth-order valence-corrected chi connectivity index (χ4v) is 4.18. The Balaban J connectivity index is 1.47. The molecule has 3 aromatic carbocycles. The Hall–Kier alpha value is -3.12. The second kappa shape index (κ2) is 10.4. The smallest absolute Gasteiger partial charge is 0.167 e. The molecule has 0 aromatic heterocycles. The van der Waals surface area contributed by atoms with Crippen molar-refractivity contribution in [2.45, 2.75) is 32.3 Å². The third-order valence-corrected chi connectivity index (χ3v) is 6.30. The van der Waals surface area contributed by atoms with Crippen LogP contribution in [0.5, 0.6) is 5.75 Å². The molecule has 0 aliphatic heterocycles. The van der Waals surface area contributed by atoms with Gasteiger partial charge in [0.15, 0.2) is 17.5 Å². The van der Waals surface area contributed by atoms with Crippen LogP contribution >= 0.6 is 0 Å². The summed E-state index contributed by atoms with van der Waals surface area (Å²) in [7, 11) is 1.35. The number of rotatable bonds is 7. The molecule has 0 radical (unpaired) electrons. The van der Waals surface area contributed by atoms with E-state index in [0.717, 1.165) is 12.0 Å². The van der Waals surface area contributed by atoms with Gasteiger partial charge in [-0.15, -0.1) is 0 Å². The van der Waals surface area contributed by atoms with Crippen LogP contribution in [0, 0.1) is 17.6 Å². The topological polar surface area (TPSA) is 18.5 Å². The molecule has 0 bridgehead atoms. The minimum absolute atomic E-state index is 0.0243. The van der Waals surface area contributed by atoms with E-state index in [2.05, 4.69) is 0 Å². The van der Waals surface area contributed by atoms with Gasteiger partial charge >= 0.3 is 0 Å². The van der Waals surface area contributed by atoms with Gasteiger partial charge in [-0.2, -0.15) is 0 Å². The van der Waals surface area contributed by atoms with Crippen LogP contribution in [0.15, 0.2) is 72.3 Å². The van der Waals surface area contributed by atoms with Crippen LogP contribution in [-0.2, 0) is 11.2 Å². The van der Waals surface area contributed by atoms with Crippen LogP contribution in [0.4, 0.5) is 17.6 Å². The Morgan fingerprint density at radius 1 is 0.735 bits per heavy atom. The number of ether oxygens (including phenoxy) is 2. The highest BCUT2D eigenvalue weighted by Gasteiger charge is 2.31. The van der Waals surface area contributed by atoms with Crippen LogP contribution in [0.2, 0.25) is 0 Å². The molecule has 4 rings (SSSR count). The second-order valence-electron chi connectivity index (χ2n) is 8.37. The van der Waals surface area contributed by atoms with Crippen molar-refractivity contribution in [2.75, 3.05) is 13.7 Å². The van der Waals surface area contributed by atoms with E-state index in [1.807, 2.05) is 19.1 Å². The molecule has 2 nitrogen and oxygen atoms in total. The van der Waals surface area contributed by atoms with E-state index in [9.17, 15) is 17.6 Å². The third kappa shape index (κ3) is 4.87. The van der Waals surface area contributed by atoms with Crippen LogP contribution in [0.1, 0.15) is 25.3 Å². The van der Waals surface area contributed by atoms with E-state index >= 15 is 0 Å². The van der Waals surface area contributed by atoms with E-state index < -0.39 is 35.3 Å². The van der Waals surface area contributed by atoms with Crippen molar-refractivity contribution in [3.8, 4) is 28.0 Å². The zero-order valence-electron chi connectivity index (χ0n) is 19.1. The monoisotopic (exact) mass is 470 g/mol. The molecular formula is C28H26F4O2. The van der Waals surface area contributed by atoms with Crippen molar-refractivity contribution in [2.24, 2.45) is 5.92 Å². The van der Waals surface area contributed by atoms with Gasteiger partial charge in [-0.1, -0.05) is 55.5 Å². The third-order valence-electron chi connectivity index (χ3n) is 6.30. The van der Waals surface area contributed by atoms with Crippen LogP contribution < -0.4 is 4.74 Å². The lowest BCUT2D eigenvalue weighted by molar-refractivity contribution is 0.0755. The normalized spacial score (nSPS) is 18.3. The Kier molecular flexibility index (Phi) is 7.37. The average Bonchev–Trinajstić information content (AvgIpc) is 2.87. The fraction of sp³-hybridized carbons (Fsp3) is 0.286. The van der Waals surface area contributed by atoms with Gasteiger partial charge in [-0.25, -0.2) is 17.6 Å². The predicted octanol–water partition coefficient (Wildman–Crippen LogP) is 7.82. The van der Waals surface area contributed by atoms with Crippen molar-refractivity contribution < 1.29 is 27.0 Å². The number of benzene rings is 3. The van der Waals surface area contributed by atoms with Crippen molar-refractivity contribution in [1.82, 2.24) is 0 Å². The molecule has 34 heavy (non-hydrogen) atoms. The van der Waals surface area contributed by atoms with Crippen LogP contribution in [-0.4, -0.2) is 19.8 Å². The summed E-state index contributed by atoms with van der Waals surface area (Å²) in [6, 6.07) is 16.9. The summed E-state index contributed by atoms with van der Waals surface area (Å²) in [5.74, 6) is -3.80. The lowest BCUT2D eigenvalue weighted by atomic mass is 9.92. The van der Waals surface area contributed by atoms with Crippen molar-refractivity contribution in [3.63, 3.8) is 0 Å². The maximum Gasteiger partial charge on any atom is 0.167 e. The van der Waals surface area contributed by atoms with Gasteiger partial charge in [0.25, 0.3) is 0 Å². The highest BCUT2D eigenvalue weighted by molar-refractivity contribution is 5.72. The molecular weight excluding hydrogens is 444 g/mol. The predicted molar refractivity (Wildman–Crippen MR) is 125 cm³/mol. The summed E-state index contributed by atoms with van der Waals surface area (Å²) in [6.45, 7) is 2.01. The molecule has 1 aliphatic rings. The minimum Gasteiger partial charge on any atom is -0.493 e. The molecule has 0 spiro atoms. The number of halogens is 4. The fourth-order valence-electron chi connectivity index (χ4n) is 4.18. The van der Waals surface area contributed by atoms with Gasteiger partial charge in [0, 0.05) is 24.2 Å². The molecule has 0 N–H and O–H groups in total. The summed E-state index contributed by atoms with van der Waals surface area (Å²) in [6.07, 6.45) is 0.820. The molecule has 0 saturated carbocycles. The molecule has 3 aromatic rings. The first-order chi connectivity index (χ1) is 16.4. The molecule has 2 unspecified atom stereocenters. The van der Waals surface area contributed by atoms with Gasteiger partial charge in [-0.3, -0.25) is 0 Å². The Bertz CT molecular complexity index is 1170. The summed E-state index contributed by atoms with van der Waals surface area (Å²) >= 11 is 0. The minimum atomic E-state index is -0.927. The van der Waals surface area contributed by atoms with Crippen molar-refractivity contribution in [3.05, 3.63) is 89.5 Å². The van der Waals surface area contributed by atoms with Gasteiger partial charge in [0.1, 0.15) is 17.7 Å². The average molecular weight is 471 g/mol. The molecule has 0 saturated heterocycles. The lowest BCUT2D eigenvalue weighted by Crippen LogP contribution is -2.25. The first-order valence-corrected chi connectivity index (χ1v) is 11.3. The maximum atomic E-state index is 14.9. The summed E-state index contributed by atoms with van der Waals surface area (Å²) in [5.41, 5.74) is 2.55. The van der Waals surface area contributed by atoms with E-state index in [1.54, 1.807) is 48.5 Å². The first-order valence-electron chi connectivity index (χ1n) is 11.3. The Morgan fingerprint density at radius 3 is 1.82 bits per heavy atom. The largest absolute Gasteiger partial charge is 0.493 e. The summed E-state index contributed by atoms with van der Waals surface area (Å²) < 4.78 is 68.5. The van der Waals surface area contributed by atoms with Gasteiger partial charge in [0.05, 0.1) is 6.61 Å². The zero-order valence-corrected chi connectivity index (χ0v) is 19.1. The Morgan fingerprint density at radius 2 is 1.29 bits per heavy atom. The first kappa shape index (κ1) is 24.0. The van der Waals surface area contributed by atoms with Crippen molar-refractivity contribution >= 4 is 0 Å². The second-order valence-corrected chi connectivity index (χ2v) is 8.37. The molecule has 2 atom stereocenters. The van der Waals surface area contributed by atoms with E-state index in [1.165, 1.54) is 7.11 Å². The SMILES string of the molecule is CCc1ccc(-c2ccc(-c3ccc(OCC4CCC(OC)C(F)=C4F)cc3)c(F)c2F)cc1. The molecule has 178 valence electrons. The molecule has 0 amide bonds. The molecule has 1 aliphatic carbocycles. The van der Waals surface area contributed by atoms with E-state index in [0.29, 0.717) is 29.7 Å². The zero-order chi connectivity index (χ0) is 24.2. The number of methoxy groups -OCH3 is 1. The highest BCUT2D eigenvalue weighted by atomic mass is 19.2. The number of hydrogen-bond donors (Lipinski definition) is 0. The van der Waals surface area contributed by atoms with Gasteiger partial charge in [-0.05, 0) is 48.1 Å². The lowest BCUT2D eigenvalue weighted by Gasteiger charge is -2.25. The molecule has 0 fully saturated rings.